The van der Waals surface area contributed by atoms with Gasteiger partial charge in [0.2, 0.25) is 0 Å². The van der Waals surface area contributed by atoms with E-state index in [4.69, 9.17) is 11.5 Å². The zero-order chi connectivity index (χ0) is 10.7. The third-order valence-corrected chi connectivity index (χ3v) is 2.96. The number of hydrogen-bond donors (Lipinski definition) is 2. The number of rotatable bonds is 3. The van der Waals surface area contributed by atoms with E-state index in [2.05, 4.69) is 30.3 Å². The molecule has 0 fully saturated rings. The average molecular weight is 202 g/mol. The predicted octanol–water partition coefficient (Wildman–Crippen LogP) is 1.69. The van der Waals surface area contributed by atoms with E-state index in [1.165, 1.54) is 16.7 Å². The molecule has 0 radical (unpaired) electrons. The van der Waals surface area contributed by atoms with Crippen molar-refractivity contribution in [2.24, 2.45) is 11.5 Å². The van der Waals surface area contributed by atoms with Crippen molar-refractivity contribution < 1.29 is 0 Å². The molecular formula is C13H18N2. The standard InChI is InChI=1S/C13H18N2/c14-9-13(15)8-10-5-6-11-3-1-2-4-12(11)7-10/h1-4,7,13H,5-6,8-9,14-15H2. The number of hydrogen-bond acceptors (Lipinski definition) is 2. The van der Waals surface area contributed by atoms with Gasteiger partial charge in [-0.2, -0.15) is 0 Å². The number of nitrogens with two attached hydrogens (primary N) is 2. The molecule has 2 heteroatoms. The summed E-state index contributed by atoms with van der Waals surface area (Å²) >= 11 is 0. The maximum atomic E-state index is 5.86. The predicted molar refractivity (Wildman–Crippen MR) is 64.4 cm³/mol. The van der Waals surface area contributed by atoms with Crippen molar-refractivity contribution >= 4 is 6.08 Å². The van der Waals surface area contributed by atoms with Crippen LogP contribution in [0.4, 0.5) is 0 Å². The molecular weight excluding hydrogens is 184 g/mol. The molecule has 0 heterocycles. The Kier molecular flexibility index (Phi) is 3.19. The number of aryl methyl sites for hydroxylation is 1. The number of fused-ring (bicyclic) bond motifs is 1. The number of benzene rings is 1. The van der Waals surface area contributed by atoms with Gasteiger partial charge in [-0.1, -0.05) is 35.9 Å². The molecule has 0 saturated heterocycles. The van der Waals surface area contributed by atoms with Crippen LogP contribution in [0.2, 0.25) is 0 Å². The Hall–Kier alpha value is -1.12. The summed E-state index contributed by atoms with van der Waals surface area (Å²) in [5, 5.41) is 0. The second-order valence-corrected chi connectivity index (χ2v) is 4.20. The maximum Gasteiger partial charge on any atom is 0.0200 e. The van der Waals surface area contributed by atoms with Crippen molar-refractivity contribution in [3.05, 3.63) is 41.0 Å². The molecule has 1 atom stereocenters. The topological polar surface area (TPSA) is 52.0 Å². The van der Waals surface area contributed by atoms with Crippen LogP contribution in [-0.4, -0.2) is 12.6 Å². The molecule has 2 nitrogen and oxygen atoms in total. The van der Waals surface area contributed by atoms with Crippen molar-refractivity contribution in [2.45, 2.75) is 25.3 Å². The molecule has 1 aromatic rings. The van der Waals surface area contributed by atoms with Gasteiger partial charge >= 0.3 is 0 Å². The first kappa shape index (κ1) is 10.4. The Labute approximate surface area is 91.0 Å². The lowest BCUT2D eigenvalue weighted by atomic mass is 9.89. The molecule has 2 rings (SSSR count). The fourth-order valence-corrected chi connectivity index (χ4v) is 2.07. The van der Waals surface area contributed by atoms with Crippen molar-refractivity contribution in [1.29, 1.82) is 0 Å². The molecule has 1 aliphatic rings. The van der Waals surface area contributed by atoms with E-state index in [0.29, 0.717) is 6.54 Å². The highest BCUT2D eigenvalue weighted by Gasteiger charge is 2.11. The van der Waals surface area contributed by atoms with E-state index in [0.717, 1.165) is 19.3 Å². The van der Waals surface area contributed by atoms with Gasteiger partial charge in [0.1, 0.15) is 0 Å². The van der Waals surface area contributed by atoms with E-state index in [9.17, 15) is 0 Å². The zero-order valence-corrected chi connectivity index (χ0v) is 8.95. The molecule has 1 aromatic carbocycles. The fraction of sp³-hybridized carbons (Fsp3) is 0.385. The Morgan fingerprint density at radius 3 is 2.80 bits per heavy atom. The smallest absolute Gasteiger partial charge is 0.0200 e. The Morgan fingerprint density at radius 1 is 1.20 bits per heavy atom. The molecule has 0 aromatic heterocycles. The summed E-state index contributed by atoms with van der Waals surface area (Å²) in [7, 11) is 0. The average Bonchev–Trinajstić information content (AvgIpc) is 2.29. The van der Waals surface area contributed by atoms with Gasteiger partial charge in [-0.05, 0) is 30.4 Å². The van der Waals surface area contributed by atoms with Gasteiger partial charge in [-0.15, -0.1) is 0 Å². The largest absolute Gasteiger partial charge is 0.329 e. The van der Waals surface area contributed by atoms with Crippen molar-refractivity contribution in [1.82, 2.24) is 0 Å². The van der Waals surface area contributed by atoms with Crippen LogP contribution in [-0.2, 0) is 6.42 Å². The minimum atomic E-state index is 0.113. The molecule has 0 saturated carbocycles. The molecule has 4 N–H and O–H groups in total. The van der Waals surface area contributed by atoms with E-state index in [-0.39, 0.29) is 6.04 Å². The normalized spacial score (nSPS) is 16.8. The third-order valence-electron chi connectivity index (χ3n) is 2.96. The summed E-state index contributed by atoms with van der Waals surface area (Å²) in [6, 6.07) is 8.67. The van der Waals surface area contributed by atoms with Crippen LogP contribution < -0.4 is 11.5 Å². The first-order valence-corrected chi connectivity index (χ1v) is 5.52. The van der Waals surface area contributed by atoms with Gasteiger partial charge in [-0.25, -0.2) is 0 Å². The monoisotopic (exact) mass is 202 g/mol. The van der Waals surface area contributed by atoms with Crippen molar-refractivity contribution in [3.63, 3.8) is 0 Å². The van der Waals surface area contributed by atoms with Crippen LogP contribution >= 0.6 is 0 Å². The van der Waals surface area contributed by atoms with Crippen LogP contribution in [0.15, 0.2) is 29.8 Å². The van der Waals surface area contributed by atoms with Gasteiger partial charge in [0.25, 0.3) is 0 Å². The molecule has 1 aliphatic carbocycles. The summed E-state index contributed by atoms with van der Waals surface area (Å²) in [4.78, 5) is 0. The van der Waals surface area contributed by atoms with Crippen LogP contribution in [0.3, 0.4) is 0 Å². The van der Waals surface area contributed by atoms with Crippen LogP contribution in [0.1, 0.15) is 24.0 Å². The first-order chi connectivity index (χ1) is 7.29. The minimum Gasteiger partial charge on any atom is -0.329 e. The lowest BCUT2D eigenvalue weighted by molar-refractivity contribution is 0.656. The Balaban J connectivity index is 2.15. The third kappa shape index (κ3) is 2.46. The SMILES string of the molecule is NCC(N)CC1=Cc2ccccc2CC1. The highest BCUT2D eigenvalue weighted by Crippen LogP contribution is 2.25. The second kappa shape index (κ2) is 4.60. The van der Waals surface area contributed by atoms with Crippen LogP contribution in [0, 0.1) is 0 Å². The summed E-state index contributed by atoms with van der Waals surface area (Å²) in [5.41, 5.74) is 15.6. The van der Waals surface area contributed by atoms with Crippen LogP contribution in [0.5, 0.6) is 0 Å². The Morgan fingerprint density at radius 2 is 2.00 bits per heavy atom. The van der Waals surface area contributed by atoms with Gasteiger partial charge in [0, 0.05) is 12.6 Å². The van der Waals surface area contributed by atoms with Gasteiger partial charge < -0.3 is 11.5 Å². The lowest BCUT2D eigenvalue weighted by Crippen LogP contribution is -2.30. The quantitative estimate of drug-likeness (QED) is 0.783. The summed E-state index contributed by atoms with van der Waals surface area (Å²) in [5.74, 6) is 0. The Bertz CT molecular complexity index is 369. The van der Waals surface area contributed by atoms with E-state index >= 15 is 0 Å². The summed E-state index contributed by atoms with van der Waals surface area (Å²) < 4.78 is 0. The molecule has 0 amide bonds. The van der Waals surface area contributed by atoms with Crippen LogP contribution in [0.25, 0.3) is 6.08 Å². The van der Waals surface area contributed by atoms with E-state index < -0.39 is 0 Å². The van der Waals surface area contributed by atoms with Crippen molar-refractivity contribution in [3.8, 4) is 0 Å². The minimum absolute atomic E-state index is 0.113. The highest BCUT2D eigenvalue weighted by molar-refractivity contribution is 5.59. The molecule has 80 valence electrons. The van der Waals surface area contributed by atoms with Crippen molar-refractivity contribution in [2.75, 3.05) is 6.54 Å². The molecule has 0 bridgehead atoms. The molecule has 15 heavy (non-hydrogen) atoms. The lowest BCUT2D eigenvalue weighted by Gasteiger charge is -2.18. The van der Waals surface area contributed by atoms with Gasteiger partial charge in [0.15, 0.2) is 0 Å². The zero-order valence-electron chi connectivity index (χ0n) is 8.95. The first-order valence-electron chi connectivity index (χ1n) is 5.52. The highest BCUT2D eigenvalue weighted by atomic mass is 14.7. The second-order valence-electron chi connectivity index (χ2n) is 4.20. The maximum absolute atomic E-state index is 5.86. The summed E-state index contributed by atoms with van der Waals surface area (Å²) in [6.07, 6.45) is 5.48. The molecule has 1 unspecified atom stereocenters. The van der Waals surface area contributed by atoms with E-state index in [1.807, 2.05) is 0 Å². The molecule has 0 aliphatic heterocycles. The molecule has 0 spiro atoms. The van der Waals surface area contributed by atoms with E-state index in [1.54, 1.807) is 0 Å². The fourth-order valence-electron chi connectivity index (χ4n) is 2.07. The van der Waals surface area contributed by atoms with Gasteiger partial charge in [-0.3, -0.25) is 0 Å². The summed E-state index contributed by atoms with van der Waals surface area (Å²) in [6.45, 7) is 0.568. The van der Waals surface area contributed by atoms with Gasteiger partial charge in [0.05, 0.1) is 0 Å².